The van der Waals surface area contributed by atoms with Gasteiger partial charge in [-0.2, -0.15) is 0 Å². The molecule has 2 atom stereocenters. The molecule has 37 heavy (non-hydrogen) atoms. The lowest BCUT2D eigenvalue weighted by Gasteiger charge is -2.44. The summed E-state index contributed by atoms with van der Waals surface area (Å²) in [5, 5.41) is 3.97. The summed E-state index contributed by atoms with van der Waals surface area (Å²) >= 11 is 0. The Hall–Kier alpha value is -3.72. The number of hydrogen-bond donors (Lipinski definition) is 1. The molecule has 2 aromatic carbocycles. The van der Waals surface area contributed by atoms with Gasteiger partial charge in [-0.3, -0.25) is 9.59 Å². The highest BCUT2D eigenvalue weighted by Gasteiger charge is 2.48. The average molecular weight is 508 g/mol. The molecular formula is C28H33N3O6. The fraction of sp³-hybridized carbons (Fsp3) is 0.429. The van der Waals surface area contributed by atoms with E-state index in [2.05, 4.69) is 5.32 Å². The first-order chi connectivity index (χ1) is 17.9. The summed E-state index contributed by atoms with van der Waals surface area (Å²) in [6.45, 7) is 3.39. The summed E-state index contributed by atoms with van der Waals surface area (Å²) in [4.78, 5) is 29.6. The molecule has 1 aromatic heterocycles. The van der Waals surface area contributed by atoms with Gasteiger partial charge in [0.1, 0.15) is 17.0 Å². The zero-order valence-electron chi connectivity index (χ0n) is 21.7. The Balaban J connectivity index is 1.57. The highest BCUT2D eigenvalue weighted by Crippen LogP contribution is 2.38. The second-order valence-electron chi connectivity index (χ2n) is 9.70. The molecule has 196 valence electrons. The van der Waals surface area contributed by atoms with Crippen molar-refractivity contribution < 1.29 is 28.5 Å². The fourth-order valence-corrected chi connectivity index (χ4v) is 5.36. The van der Waals surface area contributed by atoms with Gasteiger partial charge >= 0.3 is 0 Å². The fourth-order valence-electron chi connectivity index (χ4n) is 5.36. The van der Waals surface area contributed by atoms with E-state index in [0.29, 0.717) is 36.1 Å². The van der Waals surface area contributed by atoms with Crippen LogP contribution in [0.3, 0.4) is 0 Å². The quantitative estimate of drug-likeness (QED) is 0.503. The summed E-state index contributed by atoms with van der Waals surface area (Å²) in [6.07, 6.45) is 1.89. The molecule has 5 rings (SSSR count). The maximum Gasteiger partial charge on any atom is 0.271 e. The molecule has 1 saturated heterocycles. The number of rotatable bonds is 8. The minimum atomic E-state index is -1.17. The normalized spacial score (nSPS) is 21.1. The van der Waals surface area contributed by atoms with E-state index in [1.54, 1.807) is 32.3 Å². The van der Waals surface area contributed by atoms with Crippen molar-refractivity contribution in [2.75, 3.05) is 34.5 Å². The second kappa shape index (κ2) is 9.97. The summed E-state index contributed by atoms with van der Waals surface area (Å²) in [6, 6.07) is 13.1. The lowest BCUT2D eigenvalue weighted by Crippen LogP contribution is -2.64. The van der Waals surface area contributed by atoms with Crippen molar-refractivity contribution >= 4 is 22.7 Å². The number of ether oxygens (including phenoxy) is 4. The van der Waals surface area contributed by atoms with Gasteiger partial charge < -0.3 is 33.7 Å². The monoisotopic (exact) mass is 507 g/mol. The van der Waals surface area contributed by atoms with Crippen LogP contribution < -0.4 is 19.5 Å². The molecule has 0 unspecified atom stereocenters. The molecule has 9 heteroatoms. The first kappa shape index (κ1) is 25.0. The van der Waals surface area contributed by atoms with Gasteiger partial charge in [0.05, 0.1) is 46.0 Å². The number of fused-ring (bicyclic) bond motifs is 3. The third-order valence-electron chi connectivity index (χ3n) is 7.45. The van der Waals surface area contributed by atoms with Gasteiger partial charge in [-0.25, -0.2) is 0 Å². The van der Waals surface area contributed by atoms with E-state index in [1.807, 2.05) is 47.9 Å². The van der Waals surface area contributed by atoms with Crippen LogP contribution in [0.15, 0.2) is 42.5 Å². The third kappa shape index (κ3) is 4.37. The molecule has 0 bridgehead atoms. The van der Waals surface area contributed by atoms with Crippen molar-refractivity contribution in [2.45, 2.75) is 44.5 Å². The van der Waals surface area contributed by atoms with E-state index < -0.39 is 5.54 Å². The molecule has 0 radical (unpaired) electrons. The molecule has 1 N–H and O–H groups in total. The Morgan fingerprint density at radius 3 is 2.68 bits per heavy atom. The van der Waals surface area contributed by atoms with Crippen molar-refractivity contribution in [3.63, 3.8) is 0 Å². The number of aromatic nitrogens is 1. The van der Waals surface area contributed by atoms with Crippen molar-refractivity contribution in [1.82, 2.24) is 14.8 Å². The van der Waals surface area contributed by atoms with Crippen molar-refractivity contribution in [2.24, 2.45) is 0 Å². The minimum absolute atomic E-state index is 0.00833. The largest absolute Gasteiger partial charge is 0.497 e. The topological polar surface area (TPSA) is 91.3 Å². The smallest absolute Gasteiger partial charge is 0.271 e. The highest BCUT2D eigenvalue weighted by atomic mass is 16.5. The SMILES string of the molecule is COc1ccc2cc3n(c2c1)C[C@@](C)(C(=O)NC[C@H]1CCCO1)N(Cc1cccc(OC)c1OC)C3=O. The summed E-state index contributed by atoms with van der Waals surface area (Å²) in [5.41, 5.74) is 0.944. The second-order valence-corrected chi connectivity index (χ2v) is 9.70. The van der Waals surface area contributed by atoms with Gasteiger partial charge in [0.25, 0.3) is 5.91 Å². The molecule has 1 fully saturated rings. The van der Waals surface area contributed by atoms with Gasteiger partial charge in [0.2, 0.25) is 5.91 Å². The van der Waals surface area contributed by atoms with E-state index >= 15 is 0 Å². The minimum Gasteiger partial charge on any atom is -0.497 e. The molecular weight excluding hydrogens is 474 g/mol. The van der Waals surface area contributed by atoms with Crippen LogP contribution in [0.1, 0.15) is 35.8 Å². The number of benzene rings is 2. The predicted octanol–water partition coefficient (Wildman–Crippen LogP) is 3.38. The Bertz CT molecular complexity index is 1330. The number of amides is 2. The number of nitrogens with one attached hydrogen (secondary N) is 1. The molecule has 9 nitrogen and oxygen atoms in total. The molecule has 0 spiro atoms. The maximum atomic E-state index is 14.1. The van der Waals surface area contributed by atoms with Crippen molar-refractivity contribution in [1.29, 1.82) is 0 Å². The van der Waals surface area contributed by atoms with Crippen LogP contribution in [0.2, 0.25) is 0 Å². The lowest BCUT2D eigenvalue weighted by molar-refractivity contribution is -0.133. The van der Waals surface area contributed by atoms with E-state index in [9.17, 15) is 9.59 Å². The molecule has 3 heterocycles. The Morgan fingerprint density at radius 2 is 1.97 bits per heavy atom. The van der Waals surface area contributed by atoms with Gasteiger partial charge in [0, 0.05) is 30.2 Å². The zero-order valence-corrected chi connectivity index (χ0v) is 21.7. The summed E-state index contributed by atoms with van der Waals surface area (Å²) < 4.78 is 24.2. The number of carbonyl (C=O) groups excluding carboxylic acids is 2. The van der Waals surface area contributed by atoms with Crippen LogP contribution in [-0.4, -0.2) is 67.4 Å². The average Bonchev–Trinajstić information content (AvgIpc) is 3.57. The van der Waals surface area contributed by atoms with Gasteiger partial charge in [-0.1, -0.05) is 12.1 Å². The Morgan fingerprint density at radius 1 is 1.14 bits per heavy atom. The first-order valence-electron chi connectivity index (χ1n) is 12.5. The number of carbonyl (C=O) groups is 2. The van der Waals surface area contributed by atoms with Crippen LogP contribution in [0, 0.1) is 0 Å². The van der Waals surface area contributed by atoms with E-state index in [0.717, 1.165) is 29.3 Å². The van der Waals surface area contributed by atoms with Crippen LogP contribution in [0.4, 0.5) is 0 Å². The number of hydrogen-bond acceptors (Lipinski definition) is 6. The standard InChI is InChI=1S/C28H33N3O6/c1-28(27(33)29-15-21-8-6-12-37-21)17-30-22-14-20(34-2)11-10-18(22)13-23(30)26(32)31(28)16-19-7-5-9-24(35-3)25(19)36-4/h5,7,9-11,13-14,21H,6,8,12,15-17H2,1-4H3,(H,29,33)/t21-,28+/m1/s1. The molecule has 2 aliphatic heterocycles. The summed E-state index contributed by atoms with van der Waals surface area (Å²) in [7, 11) is 4.75. The Labute approximate surface area is 216 Å². The van der Waals surface area contributed by atoms with E-state index in [-0.39, 0.29) is 31.0 Å². The van der Waals surface area contributed by atoms with Crippen LogP contribution in [0.5, 0.6) is 17.2 Å². The zero-order chi connectivity index (χ0) is 26.2. The first-order valence-corrected chi connectivity index (χ1v) is 12.5. The van der Waals surface area contributed by atoms with Crippen LogP contribution in [-0.2, 0) is 22.6 Å². The highest BCUT2D eigenvalue weighted by molar-refractivity contribution is 6.03. The predicted molar refractivity (Wildman–Crippen MR) is 138 cm³/mol. The van der Waals surface area contributed by atoms with Crippen LogP contribution in [0.25, 0.3) is 10.9 Å². The van der Waals surface area contributed by atoms with E-state index in [1.165, 1.54) is 0 Å². The van der Waals surface area contributed by atoms with Gasteiger partial charge in [0.15, 0.2) is 11.5 Å². The van der Waals surface area contributed by atoms with E-state index in [4.69, 9.17) is 18.9 Å². The number of para-hydroxylation sites is 1. The van der Waals surface area contributed by atoms with Crippen molar-refractivity contribution in [3.05, 3.63) is 53.7 Å². The van der Waals surface area contributed by atoms with Gasteiger partial charge in [-0.15, -0.1) is 0 Å². The third-order valence-corrected chi connectivity index (χ3v) is 7.45. The molecule has 3 aromatic rings. The molecule has 0 aliphatic carbocycles. The molecule has 2 amide bonds. The van der Waals surface area contributed by atoms with Crippen molar-refractivity contribution in [3.8, 4) is 17.2 Å². The summed E-state index contributed by atoms with van der Waals surface area (Å²) in [5.74, 6) is 1.33. The van der Waals surface area contributed by atoms with Crippen LogP contribution >= 0.6 is 0 Å². The molecule has 0 saturated carbocycles. The molecule has 2 aliphatic rings. The number of methoxy groups -OCH3 is 3. The van der Waals surface area contributed by atoms with Gasteiger partial charge in [-0.05, 0) is 44.0 Å². The maximum absolute atomic E-state index is 14.1. The lowest BCUT2D eigenvalue weighted by atomic mass is 9.93. The number of nitrogens with zero attached hydrogens (tertiary/aromatic N) is 2. The Kier molecular flexibility index (Phi) is 6.72.